The summed E-state index contributed by atoms with van der Waals surface area (Å²) in [6, 6.07) is 1.76. The van der Waals surface area contributed by atoms with Crippen LogP contribution >= 0.6 is 0 Å². The van der Waals surface area contributed by atoms with E-state index in [0.29, 0.717) is 13.2 Å². The average Bonchev–Trinajstić information content (AvgIpc) is 2.19. The van der Waals surface area contributed by atoms with Gasteiger partial charge in [0, 0.05) is 6.61 Å². The third-order valence-corrected chi connectivity index (χ3v) is 1.70. The minimum absolute atomic E-state index is 0.131. The average molecular weight is 227 g/mol. The summed E-state index contributed by atoms with van der Waals surface area (Å²) in [6.45, 7) is 7.53. The molecule has 16 heavy (non-hydrogen) atoms. The molecule has 90 valence electrons. The number of rotatable bonds is 6. The minimum Gasteiger partial charge on any atom is -0.497 e. The number of esters is 1. The van der Waals surface area contributed by atoms with Gasteiger partial charge in [-0.1, -0.05) is 0 Å². The highest BCUT2D eigenvalue weighted by Crippen LogP contribution is 2.08. The molecule has 0 fully saturated rings. The highest BCUT2D eigenvalue weighted by Gasteiger charge is 2.18. The summed E-state index contributed by atoms with van der Waals surface area (Å²) >= 11 is 0. The van der Waals surface area contributed by atoms with E-state index in [0.717, 1.165) is 0 Å². The highest BCUT2D eigenvalue weighted by molar-refractivity contribution is 5.93. The largest absolute Gasteiger partial charge is 0.497 e. The predicted molar refractivity (Wildman–Crippen MR) is 57.1 cm³/mol. The zero-order valence-electron chi connectivity index (χ0n) is 10.1. The van der Waals surface area contributed by atoms with Crippen LogP contribution in [-0.2, 0) is 19.0 Å². The van der Waals surface area contributed by atoms with Crippen LogP contribution in [0.15, 0.2) is 11.3 Å². The second-order valence-corrected chi connectivity index (χ2v) is 2.90. The SMILES string of the molecule is CCOC(C)=C(C#N)C(=O)OC(C)OCC. The molecule has 0 saturated carbocycles. The molecule has 0 amide bonds. The van der Waals surface area contributed by atoms with Crippen LogP contribution in [0.25, 0.3) is 0 Å². The zero-order valence-corrected chi connectivity index (χ0v) is 10.1. The quantitative estimate of drug-likeness (QED) is 0.227. The van der Waals surface area contributed by atoms with Crippen LogP contribution in [0.4, 0.5) is 0 Å². The van der Waals surface area contributed by atoms with E-state index in [9.17, 15) is 4.79 Å². The maximum Gasteiger partial charge on any atom is 0.354 e. The molecule has 0 spiro atoms. The van der Waals surface area contributed by atoms with Gasteiger partial charge in [0.25, 0.3) is 0 Å². The number of ether oxygens (including phenoxy) is 3. The van der Waals surface area contributed by atoms with Crippen molar-refractivity contribution in [2.75, 3.05) is 13.2 Å². The van der Waals surface area contributed by atoms with Crippen LogP contribution < -0.4 is 0 Å². The van der Waals surface area contributed by atoms with E-state index in [1.807, 2.05) is 0 Å². The lowest BCUT2D eigenvalue weighted by atomic mass is 10.2. The Balaban J connectivity index is 4.56. The van der Waals surface area contributed by atoms with Crippen LogP contribution in [0, 0.1) is 11.3 Å². The van der Waals surface area contributed by atoms with E-state index in [-0.39, 0.29) is 11.3 Å². The third kappa shape index (κ3) is 4.80. The van der Waals surface area contributed by atoms with Crippen molar-refractivity contribution in [1.29, 1.82) is 5.26 Å². The molecule has 0 N–H and O–H groups in total. The number of nitriles is 1. The van der Waals surface area contributed by atoms with Gasteiger partial charge < -0.3 is 14.2 Å². The van der Waals surface area contributed by atoms with E-state index in [1.54, 1.807) is 33.8 Å². The van der Waals surface area contributed by atoms with Crippen LogP contribution in [-0.4, -0.2) is 25.5 Å². The molecule has 5 nitrogen and oxygen atoms in total. The number of allylic oxidation sites excluding steroid dienone is 1. The Morgan fingerprint density at radius 1 is 1.38 bits per heavy atom. The third-order valence-electron chi connectivity index (χ3n) is 1.70. The maximum atomic E-state index is 11.5. The summed E-state index contributed by atoms with van der Waals surface area (Å²) in [4.78, 5) is 11.5. The smallest absolute Gasteiger partial charge is 0.354 e. The van der Waals surface area contributed by atoms with Crippen molar-refractivity contribution < 1.29 is 19.0 Å². The Hall–Kier alpha value is -1.54. The van der Waals surface area contributed by atoms with Crippen molar-refractivity contribution in [2.45, 2.75) is 34.0 Å². The van der Waals surface area contributed by atoms with Gasteiger partial charge in [0.1, 0.15) is 11.8 Å². The van der Waals surface area contributed by atoms with Crippen molar-refractivity contribution in [1.82, 2.24) is 0 Å². The van der Waals surface area contributed by atoms with Crippen molar-refractivity contribution in [3.8, 4) is 6.07 Å². The van der Waals surface area contributed by atoms with Crippen molar-refractivity contribution >= 4 is 5.97 Å². The summed E-state index contributed by atoms with van der Waals surface area (Å²) in [5, 5.41) is 8.81. The summed E-state index contributed by atoms with van der Waals surface area (Å²) < 4.78 is 15.0. The Bertz CT molecular complexity index is 304. The van der Waals surface area contributed by atoms with Gasteiger partial charge in [-0.3, -0.25) is 0 Å². The summed E-state index contributed by atoms with van der Waals surface area (Å²) in [5.41, 5.74) is -0.131. The lowest BCUT2D eigenvalue weighted by Gasteiger charge is -2.13. The molecule has 1 atom stereocenters. The molecule has 0 aliphatic carbocycles. The molecule has 5 heteroatoms. The van der Waals surface area contributed by atoms with Gasteiger partial charge in [-0.25, -0.2) is 4.79 Å². The van der Waals surface area contributed by atoms with Gasteiger partial charge in [-0.15, -0.1) is 0 Å². The first-order valence-corrected chi connectivity index (χ1v) is 5.13. The van der Waals surface area contributed by atoms with Gasteiger partial charge in [-0.05, 0) is 27.7 Å². The van der Waals surface area contributed by atoms with E-state index in [2.05, 4.69) is 0 Å². The van der Waals surface area contributed by atoms with Crippen LogP contribution in [0.1, 0.15) is 27.7 Å². The molecule has 0 aromatic rings. The highest BCUT2D eigenvalue weighted by atomic mass is 16.7. The summed E-state index contributed by atoms with van der Waals surface area (Å²) in [5.74, 6) is -0.465. The Labute approximate surface area is 95.6 Å². The second-order valence-electron chi connectivity index (χ2n) is 2.90. The molecule has 0 aromatic heterocycles. The lowest BCUT2D eigenvalue weighted by Crippen LogP contribution is -2.20. The topological polar surface area (TPSA) is 68.5 Å². The first kappa shape index (κ1) is 14.5. The molecule has 0 bridgehead atoms. The second kappa shape index (κ2) is 7.71. The summed E-state index contributed by atoms with van der Waals surface area (Å²) in [6.07, 6.45) is -0.671. The fraction of sp³-hybridized carbons (Fsp3) is 0.636. The van der Waals surface area contributed by atoms with E-state index in [1.165, 1.54) is 0 Å². The molecule has 0 aliphatic heterocycles. The van der Waals surface area contributed by atoms with Gasteiger partial charge in [0.2, 0.25) is 6.29 Å². The van der Waals surface area contributed by atoms with E-state index < -0.39 is 12.3 Å². The lowest BCUT2D eigenvalue weighted by molar-refractivity contribution is -0.168. The van der Waals surface area contributed by atoms with E-state index in [4.69, 9.17) is 19.5 Å². The zero-order chi connectivity index (χ0) is 12.6. The molecular weight excluding hydrogens is 210 g/mol. The Morgan fingerprint density at radius 3 is 2.44 bits per heavy atom. The molecule has 0 rings (SSSR count). The van der Waals surface area contributed by atoms with Gasteiger partial charge >= 0.3 is 5.97 Å². The van der Waals surface area contributed by atoms with Gasteiger partial charge in [0.15, 0.2) is 5.57 Å². The molecule has 0 heterocycles. The van der Waals surface area contributed by atoms with Crippen molar-refractivity contribution in [3.05, 3.63) is 11.3 Å². The Kier molecular flexibility index (Phi) is 6.97. The molecule has 0 saturated heterocycles. The monoisotopic (exact) mass is 227 g/mol. The normalized spacial score (nSPS) is 13.4. The number of carbonyl (C=O) groups excluding carboxylic acids is 1. The molecule has 0 aromatic carbocycles. The van der Waals surface area contributed by atoms with Crippen molar-refractivity contribution in [2.24, 2.45) is 0 Å². The first-order valence-electron chi connectivity index (χ1n) is 5.13. The standard InChI is InChI=1S/C11H17NO4/c1-5-14-8(3)10(7-12)11(13)16-9(4)15-6-2/h9H,5-6H2,1-4H3. The minimum atomic E-state index is -0.727. The fourth-order valence-electron chi connectivity index (χ4n) is 1.04. The van der Waals surface area contributed by atoms with Crippen LogP contribution in [0.3, 0.4) is 0 Å². The van der Waals surface area contributed by atoms with Gasteiger partial charge in [0.05, 0.1) is 6.61 Å². The van der Waals surface area contributed by atoms with E-state index >= 15 is 0 Å². The molecule has 0 aliphatic rings. The molecular formula is C11H17NO4. The maximum absolute atomic E-state index is 11.5. The number of hydrogen-bond donors (Lipinski definition) is 0. The fourth-order valence-corrected chi connectivity index (χ4v) is 1.04. The van der Waals surface area contributed by atoms with Crippen LogP contribution in [0.5, 0.6) is 0 Å². The number of carbonyl (C=O) groups is 1. The molecule has 1 unspecified atom stereocenters. The predicted octanol–water partition coefficient (Wildman–Crippen LogP) is 1.75. The number of nitrogens with zero attached hydrogens (tertiary/aromatic N) is 1. The van der Waals surface area contributed by atoms with Crippen LogP contribution in [0.2, 0.25) is 0 Å². The summed E-state index contributed by atoms with van der Waals surface area (Å²) in [7, 11) is 0. The first-order chi connectivity index (χ1) is 7.56. The van der Waals surface area contributed by atoms with Gasteiger partial charge in [-0.2, -0.15) is 5.26 Å². The Morgan fingerprint density at radius 2 is 2.00 bits per heavy atom. The number of hydrogen-bond acceptors (Lipinski definition) is 5. The molecule has 0 radical (unpaired) electrons. The van der Waals surface area contributed by atoms with Crippen molar-refractivity contribution in [3.63, 3.8) is 0 Å².